The number of hydrazine groups is 1. The predicted octanol–water partition coefficient (Wildman–Crippen LogP) is 0.957. The molecule has 2 N–H and O–H groups in total. The summed E-state index contributed by atoms with van der Waals surface area (Å²) in [6.07, 6.45) is 0.653. The largest absolute Gasteiger partial charge is 0.497 e. The van der Waals surface area contributed by atoms with Crippen molar-refractivity contribution in [2.75, 3.05) is 20.2 Å². The summed E-state index contributed by atoms with van der Waals surface area (Å²) < 4.78 is 29.5. The summed E-state index contributed by atoms with van der Waals surface area (Å²) in [4.78, 5) is 13.6. The molecule has 1 fully saturated rings. The Labute approximate surface area is 121 Å². The monoisotopic (exact) mass is 319 g/mol. The van der Waals surface area contributed by atoms with Crippen LogP contribution in [-0.4, -0.2) is 39.7 Å². The third kappa shape index (κ3) is 3.14. The molecule has 0 bridgehead atoms. The number of ether oxygens (including phenoxy) is 1. The van der Waals surface area contributed by atoms with Gasteiger partial charge in [0.2, 0.25) is 0 Å². The number of carbonyl (C=O) groups excluding carboxylic acids is 1. The molecule has 2 rings (SSSR count). The third-order valence-corrected chi connectivity index (χ3v) is 4.56. The molecule has 1 aliphatic heterocycles. The topological polar surface area (TPSA) is 87.7 Å². The number of amides is 2. The first kappa shape index (κ1) is 14.9. The molecule has 0 unspecified atom stereocenters. The Morgan fingerprint density at radius 2 is 2.20 bits per heavy atom. The van der Waals surface area contributed by atoms with Crippen molar-refractivity contribution >= 4 is 27.7 Å². The van der Waals surface area contributed by atoms with E-state index in [-0.39, 0.29) is 9.92 Å². The smallest absolute Gasteiger partial charge is 0.332 e. The molecule has 7 nitrogen and oxygen atoms in total. The van der Waals surface area contributed by atoms with Crippen LogP contribution < -0.4 is 14.9 Å². The minimum atomic E-state index is -3.95. The number of halogens is 1. The highest BCUT2D eigenvalue weighted by Crippen LogP contribution is 2.26. The van der Waals surface area contributed by atoms with E-state index in [9.17, 15) is 13.2 Å². The van der Waals surface area contributed by atoms with Crippen LogP contribution in [-0.2, 0) is 10.0 Å². The summed E-state index contributed by atoms with van der Waals surface area (Å²) in [6.45, 7) is 0.823. The van der Waals surface area contributed by atoms with Gasteiger partial charge in [0.05, 0.1) is 12.1 Å². The van der Waals surface area contributed by atoms with E-state index in [1.165, 1.54) is 19.2 Å². The van der Waals surface area contributed by atoms with Crippen molar-refractivity contribution in [3.05, 3.63) is 23.2 Å². The van der Waals surface area contributed by atoms with Crippen LogP contribution in [0.2, 0.25) is 5.02 Å². The first-order valence-electron chi connectivity index (χ1n) is 5.85. The van der Waals surface area contributed by atoms with Gasteiger partial charge in [0.1, 0.15) is 10.6 Å². The zero-order valence-electron chi connectivity index (χ0n) is 10.7. The fraction of sp³-hybridized carbons (Fsp3) is 0.364. The van der Waals surface area contributed by atoms with Crippen LogP contribution in [0.3, 0.4) is 0 Å². The van der Waals surface area contributed by atoms with Gasteiger partial charge in [-0.25, -0.2) is 18.2 Å². The van der Waals surface area contributed by atoms with Gasteiger partial charge in [-0.05, 0) is 18.6 Å². The lowest BCUT2D eigenvalue weighted by atomic mass is 10.3. The summed E-state index contributed by atoms with van der Waals surface area (Å²) in [6, 6.07) is 3.78. The Morgan fingerprint density at radius 1 is 1.45 bits per heavy atom. The summed E-state index contributed by atoms with van der Waals surface area (Å²) in [5, 5.41) is 3.61. The number of hydrogen-bond donors (Lipinski definition) is 2. The quantitative estimate of drug-likeness (QED) is 0.865. The lowest BCUT2D eigenvalue weighted by molar-refractivity contribution is 0.176. The second-order valence-electron chi connectivity index (χ2n) is 4.13. The van der Waals surface area contributed by atoms with E-state index in [0.29, 0.717) is 25.3 Å². The van der Waals surface area contributed by atoms with Crippen molar-refractivity contribution in [1.82, 2.24) is 15.2 Å². The second-order valence-corrected chi connectivity index (χ2v) is 6.16. The van der Waals surface area contributed by atoms with E-state index in [4.69, 9.17) is 16.3 Å². The highest BCUT2D eigenvalue weighted by atomic mass is 35.5. The maximum Gasteiger partial charge on any atom is 0.332 e. The van der Waals surface area contributed by atoms with Crippen LogP contribution in [0, 0.1) is 0 Å². The number of benzene rings is 1. The Hall–Kier alpha value is -1.51. The molecular formula is C11H14ClN3O4S. The van der Waals surface area contributed by atoms with Crippen LogP contribution in [0.5, 0.6) is 5.75 Å². The predicted molar refractivity (Wildman–Crippen MR) is 73.0 cm³/mol. The third-order valence-electron chi connectivity index (χ3n) is 2.74. The van der Waals surface area contributed by atoms with Crippen LogP contribution in [0.1, 0.15) is 6.42 Å². The number of nitrogens with zero attached hydrogens (tertiary/aromatic N) is 1. The Morgan fingerprint density at radius 3 is 2.85 bits per heavy atom. The fourth-order valence-electron chi connectivity index (χ4n) is 1.73. The van der Waals surface area contributed by atoms with Crippen LogP contribution in [0.15, 0.2) is 23.1 Å². The van der Waals surface area contributed by atoms with Crippen molar-refractivity contribution in [3.8, 4) is 5.75 Å². The summed E-state index contributed by atoms with van der Waals surface area (Å²) in [5.74, 6) is 0.359. The average molecular weight is 320 g/mol. The Balaban J connectivity index is 2.28. The molecule has 0 aliphatic carbocycles. The van der Waals surface area contributed by atoms with E-state index in [0.717, 1.165) is 5.01 Å². The minimum absolute atomic E-state index is 0.0516. The molecule has 1 aliphatic rings. The van der Waals surface area contributed by atoms with Gasteiger partial charge in [-0.2, -0.15) is 0 Å². The summed E-state index contributed by atoms with van der Waals surface area (Å²) in [5.41, 5.74) is 0. The van der Waals surface area contributed by atoms with E-state index in [1.807, 2.05) is 0 Å². The number of rotatable bonds is 4. The van der Waals surface area contributed by atoms with Gasteiger partial charge in [-0.15, -0.1) is 4.83 Å². The normalized spacial score (nSPS) is 15.9. The maximum absolute atomic E-state index is 12.3. The molecule has 1 saturated heterocycles. The molecule has 0 atom stereocenters. The highest BCUT2D eigenvalue weighted by molar-refractivity contribution is 7.89. The Kier molecular flexibility index (Phi) is 4.36. The summed E-state index contributed by atoms with van der Waals surface area (Å²) >= 11 is 5.90. The number of hydrogen-bond acceptors (Lipinski definition) is 4. The van der Waals surface area contributed by atoms with Gasteiger partial charge < -0.3 is 10.1 Å². The molecule has 0 saturated carbocycles. The highest BCUT2D eigenvalue weighted by Gasteiger charge is 2.26. The van der Waals surface area contributed by atoms with Crippen molar-refractivity contribution in [1.29, 1.82) is 0 Å². The van der Waals surface area contributed by atoms with Gasteiger partial charge in [0, 0.05) is 19.2 Å². The zero-order valence-corrected chi connectivity index (χ0v) is 12.3. The standard InChI is InChI=1S/C11H14ClN3O4S/c1-19-8-3-4-9(12)10(7-8)20(17,18)14-15-6-2-5-13-11(15)16/h3-4,7,14H,2,5-6H2,1H3,(H,13,16). The van der Waals surface area contributed by atoms with Gasteiger partial charge in [-0.1, -0.05) is 11.6 Å². The first-order valence-corrected chi connectivity index (χ1v) is 7.71. The fourth-order valence-corrected chi connectivity index (χ4v) is 3.31. The van der Waals surface area contributed by atoms with Gasteiger partial charge in [-0.3, -0.25) is 0 Å². The lowest BCUT2D eigenvalue weighted by Crippen LogP contribution is -2.54. The van der Waals surface area contributed by atoms with E-state index in [1.54, 1.807) is 6.07 Å². The molecule has 20 heavy (non-hydrogen) atoms. The van der Waals surface area contributed by atoms with E-state index >= 15 is 0 Å². The number of urea groups is 1. The van der Waals surface area contributed by atoms with Gasteiger partial charge >= 0.3 is 6.03 Å². The number of carbonyl (C=O) groups is 1. The molecule has 0 aromatic heterocycles. The minimum Gasteiger partial charge on any atom is -0.497 e. The molecule has 110 valence electrons. The zero-order chi connectivity index (χ0) is 14.8. The molecule has 1 aromatic carbocycles. The first-order chi connectivity index (χ1) is 9.44. The molecule has 0 spiro atoms. The van der Waals surface area contributed by atoms with Crippen LogP contribution >= 0.6 is 11.6 Å². The lowest BCUT2D eigenvalue weighted by Gasteiger charge is -2.27. The second kappa shape index (κ2) is 5.86. The van der Waals surface area contributed by atoms with Crippen molar-refractivity contribution in [3.63, 3.8) is 0 Å². The van der Waals surface area contributed by atoms with Crippen LogP contribution in [0.25, 0.3) is 0 Å². The van der Waals surface area contributed by atoms with Crippen LogP contribution in [0.4, 0.5) is 4.79 Å². The number of sulfonamides is 1. The van der Waals surface area contributed by atoms with Crippen molar-refractivity contribution in [2.45, 2.75) is 11.3 Å². The SMILES string of the molecule is COc1ccc(Cl)c(S(=O)(=O)NN2CCCNC2=O)c1. The maximum atomic E-state index is 12.3. The van der Waals surface area contributed by atoms with Gasteiger partial charge in [0.25, 0.3) is 10.0 Å². The molecular weight excluding hydrogens is 306 g/mol. The van der Waals surface area contributed by atoms with Gasteiger partial charge in [0.15, 0.2) is 0 Å². The Bertz CT molecular complexity index is 620. The summed E-state index contributed by atoms with van der Waals surface area (Å²) in [7, 11) is -2.53. The number of nitrogens with one attached hydrogen (secondary N) is 2. The average Bonchev–Trinajstić information content (AvgIpc) is 2.41. The van der Waals surface area contributed by atoms with Crippen molar-refractivity contribution in [2.24, 2.45) is 0 Å². The molecule has 9 heteroatoms. The van der Waals surface area contributed by atoms with Crippen molar-refractivity contribution < 1.29 is 17.9 Å². The number of methoxy groups -OCH3 is 1. The van der Waals surface area contributed by atoms with E-state index < -0.39 is 16.1 Å². The van der Waals surface area contributed by atoms with E-state index in [2.05, 4.69) is 10.1 Å². The molecule has 1 heterocycles. The molecule has 1 aromatic rings. The molecule has 2 amide bonds. The molecule has 0 radical (unpaired) electrons.